The monoisotopic (exact) mass is 382 g/mol. The van der Waals surface area contributed by atoms with Crippen molar-refractivity contribution in [3.8, 4) is 0 Å². The minimum atomic E-state index is -3.60. The van der Waals surface area contributed by atoms with E-state index >= 15 is 0 Å². The fraction of sp³-hybridized carbons (Fsp3) is 0.500. The number of aliphatic carboxylic acids is 1. The number of nitrogens with zero attached hydrogens (tertiary/aromatic N) is 2. The zero-order valence-corrected chi connectivity index (χ0v) is 14.4. The first kappa shape index (κ1) is 18.1. The predicted molar refractivity (Wildman–Crippen MR) is 83.1 cm³/mol. The molecule has 1 aliphatic heterocycles. The van der Waals surface area contributed by atoms with E-state index < -0.39 is 22.6 Å². The first-order valence-electron chi connectivity index (χ1n) is 6.63. The summed E-state index contributed by atoms with van der Waals surface area (Å²) < 4.78 is 31.4. The molecule has 0 radical (unpaired) electrons. The maximum absolute atomic E-state index is 12.4. The largest absolute Gasteiger partial charge is 0.480 e. The van der Waals surface area contributed by atoms with Crippen molar-refractivity contribution in [3.63, 3.8) is 0 Å². The lowest BCUT2D eigenvalue weighted by atomic mass is 10.3. The van der Waals surface area contributed by atoms with Crippen LogP contribution in [-0.4, -0.2) is 74.0 Å². The van der Waals surface area contributed by atoms with E-state index in [0.717, 1.165) is 11.3 Å². The number of thiophene rings is 1. The lowest BCUT2D eigenvalue weighted by Crippen LogP contribution is -2.51. The molecule has 1 aliphatic rings. The first-order valence-corrected chi connectivity index (χ1v) is 9.27. The summed E-state index contributed by atoms with van der Waals surface area (Å²) in [7, 11) is -3.60. The van der Waals surface area contributed by atoms with Crippen LogP contribution in [0.1, 0.15) is 0 Å². The molecule has 0 atom stereocenters. The van der Waals surface area contributed by atoms with E-state index in [1.807, 2.05) is 0 Å². The van der Waals surface area contributed by atoms with Gasteiger partial charge in [0.05, 0.1) is 4.34 Å². The molecule has 8 nitrogen and oxygen atoms in total. The van der Waals surface area contributed by atoms with Gasteiger partial charge in [-0.1, -0.05) is 11.6 Å². The number of carbonyl (C=O) groups excluding carboxylic acids is 1. The normalized spacial score (nSPS) is 16.5. The third kappa shape index (κ3) is 4.64. The van der Waals surface area contributed by atoms with E-state index in [-0.39, 0.29) is 42.9 Å². The molecule has 0 aliphatic carbocycles. The molecule has 2 heterocycles. The Balaban J connectivity index is 1.88. The topological polar surface area (TPSA) is 104 Å². The fourth-order valence-corrected chi connectivity index (χ4v) is 5.12. The summed E-state index contributed by atoms with van der Waals surface area (Å²) in [5.41, 5.74) is 0. The van der Waals surface area contributed by atoms with Crippen LogP contribution in [0.4, 0.5) is 0 Å². The van der Waals surface area contributed by atoms with Crippen molar-refractivity contribution in [2.24, 2.45) is 0 Å². The van der Waals surface area contributed by atoms with Gasteiger partial charge in [0.2, 0.25) is 5.91 Å². The van der Waals surface area contributed by atoms with Crippen LogP contribution >= 0.6 is 22.9 Å². The second-order valence-corrected chi connectivity index (χ2v) is 8.61. The third-order valence-corrected chi connectivity index (χ3v) is 6.78. The van der Waals surface area contributed by atoms with Gasteiger partial charge in [-0.15, -0.1) is 11.3 Å². The molecule has 11 heteroatoms. The van der Waals surface area contributed by atoms with E-state index in [4.69, 9.17) is 21.4 Å². The molecule has 1 aromatic rings. The van der Waals surface area contributed by atoms with Crippen LogP contribution in [0, 0.1) is 0 Å². The molecular weight excluding hydrogens is 368 g/mol. The second-order valence-electron chi connectivity index (χ2n) is 4.73. The van der Waals surface area contributed by atoms with Gasteiger partial charge < -0.3 is 14.7 Å². The van der Waals surface area contributed by atoms with Crippen molar-refractivity contribution in [1.29, 1.82) is 0 Å². The number of carboxylic acid groups (broad SMARTS) is 1. The van der Waals surface area contributed by atoms with Gasteiger partial charge in [-0.05, 0) is 12.1 Å². The molecular formula is C12H15ClN2O6S2. The van der Waals surface area contributed by atoms with Gasteiger partial charge >= 0.3 is 5.97 Å². The standard InChI is InChI=1S/C12H15ClN2O6S2/c13-9-1-2-12(22-9)23(19,20)15-5-3-14(4-6-15)10(16)7-21-8-11(17)18/h1-2H,3-8H2,(H,17,18). The molecule has 0 aromatic carbocycles. The number of rotatable bonds is 6. The van der Waals surface area contributed by atoms with E-state index in [2.05, 4.69) is 0 Å². The number of halogens is 1. The molecule has 128 valence electrons. The van der Waals surface area contributed by atoms with Crippen LogP contribution < -0.4 is 0 Å². The molecule has 0 spiro atoms. The third-order valence-electron chi connectivity index (χ3n) is 3.19. The highest BCUT2D eigenvalue weighted by Gasteiger charge is 2.31. The van der Waals surface area contributed by atoms with Gasteiger partial charge in [0.15, 0.2) is 0 Å². The molecule has 0 saturated carbocycles. The summed E-state index contributed by atoms with van der Waals surface area (Å²) in [6.07, 6.45) is 0. The molecule has 1 saturated heterocycles. The van der Waals surface area contributed by atoms with Gasteiger partial charge in [0, 0.05) is 26.2 Å². The summed E-state index contributed by atoms with van der Waals surface area (Å²) in [6, 6.07) is 2.98. The van der Waals surface area contributed by atoms with Crippen LogP contribution in [0.5, 0.6) is 0 Å². The van der Waals surface area contributed by atoms with Crippen molar-refractivity contribution < 1.29 is 27.9 Å². The minimum absolute atomic E-state index is 0.169. The molecule has 2 rings (SSSR count). The maximum Gasteiger partial charge on any atom is 0.329 e. The van der Waals surface area contributed by atoms with Gasteiger partial charge in [0.25, 0.3) is 10.0 Å². The molecule has 23 heavy (non-hydrogen) atoms. The lowest BCUT2D eigenvalue weighted by Gasteiger charge is -2.33. The quantitative estimate of drug-likeness (QED) is 0.760. The molecule has 1 aromatic heterocycles. The Bertz CT molecular complexity index is 681. The number of hydrogen-bond donors (Lipinski definition) is 1. The first-order chi connectivity index (χ1) is 10.8. The van der Waals surface area contributed by atoms with Crippen LogP contribution in [0.15, 0.2) is 16.3 Å². The molecule has 1 N–H and O–H groups in total. The van der Waals surface area contributed by atoms with Crippen molar-refractivity contribution in [2.75, 3.05) is 39.4 Å². The van der Waals surface area contributed by atoms with Crippen LogP contribution in [0.2, 0.25) is 4.34 Å². The van der Waals surface area contributed by atoms with Crippen molar-refractivity contribution in [2.45, 2.75) is 4.21 Å². The summed E-state index contributed by atoms with van der Waals surface area (Å²) in [6.45, 7) is -0.0783. The zero-order valence-electron chi connectivity index (χ0n) is 12.0. The van der Waals surface area contributed by atoms with Gasteiger partial charge in [0.1, 0.15) is 17.4 Å². The Morgan fingerprint density at radius 1 is 1.22 bits per heavy atom. The Hall–Kier alpha value is -1.20. The predicted octanol–water partition coefficient (Wildman–Crippen LogP) is 0.336. The fourth-order valence-electron chi connectivity index (χ4n) is 2.06. The van der Waals surface area contributed by atoms with Crippen LogP contribution in [-0.2, 0) is 24.3 Å². The second kappa shape index (κ2) is 7.58. The number of ether oxygens (including phenoxy) is 1. The van der Waals surface area contributed by atoms with E-state index in [1.165, 1.54) is 21.3 Å². The minimum Gasteiger partial charge on any atom is -0.480 e. The van der Waals surface area contributed by atoms with E-state index in [0.29, 0.717) is 4.34 Å². The number of amides is 1. The molecule has 0 unspecified atom stereocenters. The van der Waals surface area contributed by atoms with Crippen molar-refractivity contribution >= 4 is 44.8 Å². The molecule has 1 amide bonds. The summed E-state index contributed by atoms with van der Waals surface area (Å²) in [5, 5.41) is 8.44. The Labute approximate surface area is 142 Å². The zero-order chi connectivity index (χ0) is 17.0. The molecule has 1 fully saturated rings. The Morgan fingerprint density at radius 3 is 2.39 bits per heavy atom. The highest BCUT2D eigenvalue weighted by molar-refractivity contribution is 7.91. The number of carboxylic acids is 1. The van der Waals surface area contributed by atoms with Gasteiger partial charge in [-0.25, -0.2) is 13.2 Å². The number of sulfonamides is 1. The van der Waals surface area contributed by atoms with E-state index in [1.54, 1.807) is 0 Å². The summed E-state index contributed by atoms with van der Waals surface area (Å²) in [4.78, 5) is 23.6. The summed E-state index contributed by atoms with van der Waals surface area (Å²) in [5.74, 6) is -1.51. The number of carbonyl (C=O) groups is 2. The SMILES string of the molecule is O=C(O)COCC(=O)N1CCN(S(=O)(=O)c2ccc(Cl)s2)CC1. The average Bonchev–Trinajstić information content (AvgIpc) is 2.94. The van der Waals surface area contributed by atoms with E-state index in [9.17, 15) is 18.0 Å². The van der Waals surface area contributed by atoms with Crippen molar-refractivity contribution in [1.82, 2.24) is 9.21 Å². The van der Waals surface area contributed by atoms with Crippen LogP contribution in [0.3, 0.4) is 0 Å². The number of piperazine rings is 1. The Kier molecular flexibility index (Phi) is 5.98. The molecule has 0 bridgehead atoms. The highest BCUT2D eigenvalue weighted by Crippen LogP contribution is 2.28. The number of hydrogen-bond acceptors (Lipinski definition) is 6. The maximum atomic E-state index is 12.4. The van der Waals surface area contributed by atoms with Gasteiger partial charge in [-0.3, -0.25) is 4.79 Å². The van der Waals surface area contributed by atoms with Gasteiger partial charge in [-0.2, -0.15) is 4.31 Å². The van der Waals surface area contributed by atoms with Crippen molar-refractivity contribution in [3.05, 3.63) is 16.5 Å². The average molecular weight is 383 g/mol. The highest BCUT2D eigenvalue weighted by atomic mass is 35.5. The summed E-state index contributed by atoms with van der Waals surface area (Å²) >= 11 is 6.76. The van der Waals surface area contributed by atoms with Crippen LogP contribution in [0.25, 0.3) is 0 Å². The smallest absolute Gasteiger partial charge is 0.329 e. The lowest BCUT2D eigenvalue weighted by molar-refractivity contribution is -0.146. The Morgan fingerprint density at radius 2 is 1.87 bits per heavy atom.